The summed E-state index contributed by atoms with van der Waals surface area (Å²) < 4.78 is 48.3. The van der Waals surface area contributed by atoms with E-state index in [0.29, 0.717) is 21.9 Å². The zero-order valence-corrected chi connectivity index (χ0v) is 12.6. The van der Waals surface area contributed by atoms with E-state index in [2.05, 4.69) is 15.5 Å². The Morgan fingerprint density at radius 1 is 1.33 bits per heavy atom. The number of nitrogens with two attached hydrogens (primary N) is 1. The third-order valence-corrected chi connectivity index (χ3v) is 3.85. The summed E-state index contributed by atoms with van der Waals surface area (Å²) in [7, 11) is 0. The van der Waals surface area contributed by atoms with Crippen molar-refractivity contribution < 1.29 is 27.4 Å². The number of nitrogens with one attached hydrogen (secondary N) is 1. The largest absolute Gasteiger partial charge is 0.454 e. The summed E-state index contributed by atoms with van der Waals surface area (Å²) in [4.78, 5) is 11.9. The van der Waals surface area contributed by atoms with E-state index in [1.54, 1.807) is 18.2 Å². The summed E-state index contributed by atoms with van der Waals surface area (Å²) in [6, 6.07) is 4.83. The molecule has 0 spiro atoms. The Hall–Kier alpha value is -2.63. The number of amides is 1. The van der Waals surface area contributed by atoms with E-state index in [9.17, 15) is 18.0 Å². The lowest BCUT2D eigenvalue weighted by Gasteiger charge is -2.07. The number of thioether (sulfide) groups is 1. The Morgan fingerprint density at radius 2 is 2.08 bits per heavy atom. The normalized spacial score (nSPS) is 13.1. The average Bonchev–Trinajstić information content (AvgIpc) is 3.10. The Kier molecular flexibility index (Phi) is 4.13. The van der Waals surface area contributed by atoms with Crippen LogP contribution in [-0.2, 0) is 11.0 Å². The lowest BCUT2D eigenvalue weighted by atomic mass is 10.3. The van der Waals surface area contributed by atoms with Crippen LogP contribution in [0.25, 0.3) is 0 Å². The minimum atomic E-state index is -4.71. The Morgan fingerprint density at radius 3 is 2.79 bits per heavy atom. The summed E-state index contributed by atoms with van der Waals surface area (Å²) in [6.07, 6.45) is -4.71. The number of nitrogens with zero attached hydrogens (tertiary/aromatic N) is 3. The summed E-state index contributed by atoms with van der Waals surface area (Å²) in [5, 5.41) is 8.65. The van der Waals surface area contributed by atoms with Crippen LogP contribution in [0.15, 0.2) is 23.4 Å². The van der Waals surface area contributed by atoms with E-state index in [4.69, 9.17) is 15.3 Å². The van der Waals surface area contributed by atoms with Gasteiger partial charge in [-0.2, -0.15) is 13.2 Å². The van der Waals surface area contributed by atoms with Gasteiger partial charge in [-0.05, 0) is 12.1 Å². The molecule has 0 atom stereocenters. The van der Waals surface area contributed by atoms with Crippen LogP contribution in [-0.4, -0.2) is 33.3 Å². The minimum Gasteiger partial charge on any atom is -0.454 e. The van der Waals surface area contributed by atoms with Crippen molar-refractivity contribution in [3.63, 3.8) is 0 Å². The van der Waals surface area contributed by atoms with Crippen LogP contribution in [0.2, 0.25) is 0 Å². The van der Waals surface area contributed by atoms with Gasteiger partial charge in [-0.15, -0.1) is 10.2 Å². The van der Waals surface area contributed by atoms with E-state index in [-0.39, 0.29) is 17.7 Å². The van der Waals surface area contributed by atoms with E-state index < -0.39 is 17.9 Å². The molecule has 3 N–H and O–H groups in total. The number of hydrogen-bond donors (Lipinski definition) is 2. The third-order valence-electron chi connectivity index (χ3n) is 2.91. The van der Waals surface area contributed by atoms with Gasteiger partial charge in [0.1, 0.15) is 0 Å². The fourth-order valence-electron chi connectivity index (χ4n) is 1.87. The van der Waals surface area contributed by atoms with Crippen molar-refractivity contribution in [2.45, 2.75) is 11.3 Å². The highest BCUT2D eigenvalue weighted by atomic mass is 32.2. The fourth-order valence-corrected chi connectivity index (χ4v) is 2.53. The van der Waals surface area contributed by atoms with Gasteiger partial charge in [-0.25, -0.2) is 4.68 Å². The van der Waals surface area contributed by atoms with Crippen LogP contribution in [0, 0.1) is 0 Å². The zero-order chi connectivity index (χ0) is 17.3. The highest BCUT2D eigenvalue weighted by molar-refractivity contribution is 7.99. The number of fused-ring (bicyclic) bond motifs is 1. The molecule has 3 rings (SSSR count). The Bertz CT molecular complexity index is 780. The molecule has 0 bridgehead atoms. The number of hydrogen-bond acceptors (Lipinski definition) is 7. The van der Waals surface area contributed by atoms with Crippen molar-refractivity contribution in [2.24, 2.45) is 0 Å². The molecule has 2 aromatic rings. The summed E-state index contributed by atoms with van der Waals surface area (Å²) in [5.74, 6) is 4.37. The number of alkyl halides is 3. The van der Waals surface area contributed by atoms with Crippen LogP contribution in [0.1, 0.15) is 5.82 Å². The molecule has 0 radical (unpaired) electrons. The molecule has 1 aromatic carbocycles. The second-order valence-corrected chi connectivity index (χ2v) is 5.52. The monoisotopic (exact) mass is 361 g/mol. The van der Waals surface area contributed by atoms with E-state index >= 15 is 0 Å². The number of ether oxygens (including phenoxy) is 2. The van der Waals surface area contributed by atoms with E-state index in [1.165, 1.54) is 0 Å². The molecule has 1 amide bonds. The number of benzene rings is 1. The van der Waals surface area contributed by atoms with Crippen molar-refractivity contribution in [2.75, 3.05) is 23.7 Å². The molecule has 1 aliphatic rings. The second-order valence-electron chi connectivity index (χ2n) is 4.58. The van der Waals surface area contributed by atoms with Crippen LogP contribution in [0.4, 0.5) is 18.9 Å². The smallest absolute Gasteiger partial charge is 0.453 e. The summed E-state index contributed by atoms with van der Waals surface area (Å²) in [6.45, 7) is 0.107. The first-order chi connectivity index (χ1) is 11.3. The molecule has 0 saturated heterocycles. The quantitative estimate of drug-likeness (QED) is 0.628. The Labute approximate surface area is 137 Å². The molecule has 24 heavy (non-hydrogen) atoms. The molecule has 0 aliphatic carbocycles. The standard InChI is InChI=1S/C12H10F3N5O3S/c13-12(14,15)10-18-19-11(20(10)16)24-4-9(21)17-6-1-2-7-8(3-6)23-5-22-7/h1-3H,4-5,16H2,(H,17,21). The summed E-state index contributed by atoms with van der Waals surface area (Å²) in [5.41, 5.74) is 0.468. The first-order valence-corrected chi connectivity index (χ1v) is 7.43. The van der Waals surface area contributed by atoms with Crippen LogP contribution in [0.5, 0.6) is 11.5 Å². The molecule has 0 unspecified atom stereocenters. The van der Waals surface area contributed by atoms with E-state index in [1.807, 2.05) is 0 Å². The number of rotatable bonds is 4. The highest BCUT2D eigenvalue weighted by Gasteiger charge is 2.38. The summed E-state index contributed by atoms with van der Waals surface area (Å²) >= 11 is 0.733. The van der Waals surface area contributed by atoms with Gasteiger partial charge in [0.25, 0.3) is 5.82 Å². The number of carbonyl (C=O) groups excluding carboxylic acids is 1. The molecule has 8 nitrogen and oxygen atoms in total. The molecular weight excluding hydrogens is 351 g/mol. The van der Waals surface area contributed by atoms with Gasteiger partial charge >= 0.3 is 6.18 Å². The van der Waals surface area contributed by atoms with Crippen LogP contribution < -0.4 is 20.6 Å². The van der Waals surface area contributed by atoms with Gasteiger partial charge in [0.15, 0.2) is 11.5 Å². The van der Waals surface area contributed by atoms with Crippen molar-refractivity contribution in [3.8, 4) is 11.5 Å². The number of carbonyl (C=O) groups is 1. The highest BCUT2D eigenvalue weighted by Crippen LogP contribution is 2.34. The first-order valence-electron chi connectivity index (χ1n) is 6.44. The SMILES string of the molecule is Nn1c(SCC(=O)Nc2ccc3c(c2)OCO3)nnc1C(F)(F)F. The molecular formula is C12H10F3N5O3S. The van der Waals surface area contributed by atoms with Crippen LogP contribution in [0.3, 0.4) is 0 Å². The lowest BCUT2D eigenvalue weighted by molar-refractivity contribution is -0.146. The fraction of sp³-hybridized carbons (Fsp3) is 0.250. The van der Waals surface area contributed by atoms with Gasteiger partial charge in [0.2, 0.25) is 17.9 Å². The van der Waals surface area contributed by atoms with Crippen LogP contribution >= 0.6 is 11.8 Å². The zero-order valence-electron chi connectivity index (χ0n) is 11.8. The van der Waals surface area contributed by atoms with Gasteiger partial charge < -0.3 is 20.6 Å². The maximum absolute atomic E-state index is 12.5. The topological polar surface area (TPSA) is 104 Å². The maximum atomic E-state index is 12.5. The minimum absolute atomic E-state index is 0.107. The second kappa shape index (κ2) is 6.11. The lowest BCUT2D eigenvalue weighted by Crippen LogP contribution is -2.22. The Balaban J connectivity index is 1.59. The van der Waals surface area contributed by atoms with E-state index in [0.717, 1.165) is 11.8 Å². The molecule has 12 heteroatoms. The third kappa shape index (κ3) is 3.32. The van der Waals surface area contributed by atoms with Crippen molar-refractivity contribution >= 4 is 23.4 Å². The molecule has 0 fully saturated rings. The predicted octanol–water partition coefficient (Wildman–Crippen LogP) is 1.47. The predicted molar refractivity (Wildman–Crippen MR) is 77.1 cm³/mol. The average molecular weight is 361 g/mol. The van der Waals surface area contributed by atoms with Gasteiger partial charge in [0.05, 0.1) is 5.75 Å². The van der Waals surface area contributed by atoms with Gasteiger partial charge in [-0.1, -0.05) is 11.8 Å². The number of anilines is 1. The molecule has 128 valence electrons. The van der Waals surface area contributed by atoms with Gasteiger partial charge in [-0.3, -0.25) is 4.79 Å². The van der Waals surface area contributed by atoms with Gasteiger partial charge in [0, 0.05) is 11.8 Å². The maximum Gasteiger partial charge on any atom is 0.453 e. The van der Waals surface area contributed by atoms with Crippen molar-refractivity contribution in [1.82, 2.24) is 14.9 Å². The number of nitrogen functional groups attached to an aromatic ring is 1. The van der Waals surface area contributed by atoms with Crippen molar-refractivity contribution in [1.29, 1.82) is 0 Å². The molecule has 1 aromatic heterocycles. The molecule has 1 aliphatic heterocycles. The molecule has 2 heterocycles. The number of aromatic nitrogens is 3. The number of halogens is 3. The van der Waals surface area contributed by atoms with Crippen molar-refractivity contribution in [3.05, 3.63) is 24.0 Å². The molecule has 0 saturated carbocycles. The first kappa shape index (κ1) is 16.2.